The number of carboxylic acid groups (broad SMARTS) is 1. The summed E-state index contributed by atoms with van der Waals surface area (Å²) in [5.74, 6) is -2.03. The molecule has 0 aliphatic carbocycles. The van der Waals surface area contributed by atoms with Gasteiger partial charge in [-0.15, -0.1) is 0 Å². The number of nitrogens with one attached hydrogen (secondary N) is 2. The fraction of sp³-hybridized carbons (Fsp3) is 0.0952. The summed E-state index contributed by atoms with van der Waals surface area (Å²) >= 11 is 0. The molecule has 0 aromatic heterocycles. The largest absolute Gasteiger partial charge is 0.481 e. The fourth-order valence-corrected chi connectivity index (χ4v) is 2.16. The molecule has 0 aliphatic rings. The summed E-state index contributed by atoms with van der Waals surface area (Å²) in [7, 11) is 0. The molecule has 0 radical (unpaired) electrons. The maximum absolute atomic E-state index is 12.3. The molecule has 3 N–H and O–H groups in total. The molecule has 0 unspecified atom stereocenters. The molecule has 2 aromatic carbocycles. The standard InChI is InChI=1S/C21H20N2O4/c24-19(12-11-16-7-3-1-4-8-16)23-18(15-17-9-5-2-6-10-17)21(27)22-14-13-20(25)26/h1-12,15H,13-14H2,(H,22,27)(H,23,24)(H,25,26)/b12-11+,18-15+. The third-order valence-corrected chi connectivity index (χ3v) is 3.46. The average molecular weight is 364 g/mol. The highest BCUT2D eigenvalue weighted by Crippen LogP contribution is 2.06. The Morgan fingerprint density at radius 2 is 1.48 bits per heavy atom. The minimum atomic E-state index is -1.02. The van der Waals surface area contributed by atoms with Gasteiger partial charge in [0.25, 0.3) is 5.91 Å². The van der Waals surface area contributed by atoms with E-state index in [1.165, 1.54) is 12.2 Å². The third kappa shape index (κ3) is 7.39. The van der Waals surface area contributed by atoms with Crippen LogP contribution in [0.15, 0.2) is 72.4 Å². The van der Waals surface area contributed by atoms with Gasteiger partial charge in [-0.25, -0.2) is 0 Å². The van der Waals surface area contributed by atoms with Gasteiger partial charge in [-0.1, -0.05) is 60.7 Å². The Kier molecular flexibility index (Phi) is 7.53. The highest BCUT2D eigenvalue weighted by molar-refractivity contribution is 6.04. The predicted molar refractivity (Wildman–Crippen MR) is 103 cm³/mol. The van der Waals surface area contributed by atoms with Gasteiger partial charge < -0.3 is 15.7 Å². The number of aliphatic carboxylic acids is 1. The van der Waals surface area contributed by atoms with Crippen LogP contribution in [0.5, 0.6) is 0 Å². The van der Waals surface area contributed by atoms with Crippen LogP contribution in [0.4, 0.5) is 0 Å². The van der Waals surface area contributed by atoms with Gasteiger partial charge in [0.15, 0.2) is 0 Å². The highest BCUT2D eigenvalue weighted by Gasteiger charge is 2.12. The number of rotatable bonds is 8. The molecular weight excluding hydrogens is 344 g/mol. The van der Waals surface area contributed by atoms with Crippen molar-refractivity contribution in [2.75, 3.05) is 6.54 Å². The Hall–Kier alpha value is -3.67. The van der Waals surface area contributed by atoms with Crippen LogP contribution in [0.2, 0.25) is 0 Å². The minimum Gasteiger partial charge on any atom is -0.481 e. The Morgan fingerprint density at radius 1 is 0.889 bits per heavy atom. The number of carboxylic acids is 1. The van der Waals surface area contributed by atoms with Crippen molar-refractivity contribution in [3.63, 3.8) is 0 Å². The van der Waals surface area contributed by atoms with E-state index in [9.17, 15) is 14.4 Å². The van der Waals surface area contributed by atoms with Crippen molar-refractivity contribution in [2.45, 2.75) is 6.42 Å². The first kappa shape index (κ1) is 19.7. The van der Waals surface area contributed by atoms with Crippen LogP contribution in [-0.2, 0) is 14.4 Å². The van der Waals surface area contributed by atoms with Gasteiger partial charge in [0, 0.05) is 12.6 Å². The van der Waals surface area contributed by atoms with Gasteiger partial charge in [0.2, 0.25) is 5.91 Å². The molecule has 0 spiro atoms. The second-order valence-corrected chi connectivity index (χ2v) is 5.60. The maximum atomic E-state index is 12.3. The van der Waals surface area contributed by atoms with E-state index in [1.54, 1.807) is 18.2 Å². The van der Waals surface area contributed by atoms with Gasteiger partial charge >= 0.3 is 5.97 Å². The van der Waals surface area contributed by atoms with E-state index in [0.717, 1.165) is 11.1 Å². The van der Waals surface area contributed by atoms with Crippen LogP contribution in [0.3, 0.4) is 0 Å². The number of hydrogen-bond donors (Lipinski definition) is 3. The monoisotopic (exact) mass is 364 g/mol. The molecule has 0 fully saturated rings. The summed E-state index contributed by atoms with van der Waals surface area (Å²) in [6.45, 7) is -0.0317. The molecule has 27 heavy (non-hydrogen) atoms. The zero-order valence-electron chi connectivity index (χ0n) is 14.6. The molecule has 0 bridgehead atoms. The zero-order chi connectivity index (χ0) is 19.5. The van der Waals surface area contributed by atoms with E-state index in [4.69, 9.17) is 5.11 Å². The van der Waals surface area contributed by atoms with E-state index in [2.05, 4.69) is 10.6 Å². The lowest BCUT2D eigenvalue weighted by Gasteiger charge is -2.09. The third-order valence-electron chi connectivity index (χ3n) is 3.46. The van der Waals surface area contributed by atoms with Crippen LogP contribution < -0.4 is 10.6 Å². The topological polar surface area (TPSA) is 95.5 Å². The molecule has 0 atom stereocenters. The molecule has 0 heterocycles. The molecule has 0 saturated carbocycles. The number of carbonyl (C=O) groups excluding carboxylic acids is 2. The van der Waals surface area contributed by atoms with Crippen LogP contribution >= 0.6 is 0 Å². The van der Waals surface area contributed by atoms with Gasteiger partial charge in [0.1, 0.15) is 5.70 Å². The van der Waals surface area contributed by atoms with Gasteiger partial charge in [0.05, 0.1) is 6.42 Å². The molecule has 138 valence electrons. The van der Waals surface area contributed by atoms with Gasteiger partial charge in [-0.2, -0.15) is 0 Å². The summed E-state index contributed by atoms with van der Waals surface area (Å²) in [6, 6.07) is 18.3. The zero-order valence-corrected chi connectivity index (χ0v) is 14.6. The molecular formula is C21H20N2O4. The minimum absolute atomic E-state index is 0.0317. The van der Waals surface area contributed by atoms with Crippen LogP contribution in [-0.4, -0.2) is 29.4 Å². The number of carbonyl (C=O) groups is 3. The van der Waals surface area contributed by atoms with E-state index in [-0.39, 0.29) is 18.7 Å². The second-order valence-electron chi connectivity index (χ2n) is 5.60. The normalized spacial score (nSPS) is 11.2. The van der Waals surface area contributed by atoms with Gasteiger partial charge in [-0.05, 0) is 23.3 Å². The lowest BCUT2D eigenvalue weighted by atomic mass is 10.2. The first-order valence-electron chi connectivity index (χ1n) is 8.35. The second kappa shape index (κ2) is 10.4. The first-order chi connectivity index (χ1) is 13.0. The van der Waals surface area contributed by atoms with Crippen molar-refractivity contribution < 1.29 is 19.5 Å². The van der Waals surface area contributed by atoms with Crippen LogP contribution in [0.25, 0.3) is 12.2 Å². The van der Waals surface area contributed by atoms with E-state index < -0.39 is 17.8 Å². The molecule has 0 aliphatic heterocycles. The Balaban J connectivity index is 2.10. The summed E-state index contributed by atoms with van der Waals surface area (Å²) in [5, 5.41) is 13.7. The Labute approximate surface area is 157 Å². The van der Waals surface area contributed by atoms with Gasteiger partial charge in [-0.3, -0.25) is 14.4 Å². The smallest absolute Gasteiger partial charge is 0.305 e. The van der Waals surface area contributed by atoms with E-state index in [1.807, 2.05) is 48.5 Å². The lowest BCUT2D eigenvalue weighted by molar-refractivity contribution is -0.137. The molecule has 2 rings (SSSR count). The van der Waals surface area contributed by atoms with E-state index in [0.29, 0.717) is 0 Å². The lowest BCUT2D eigenvalue weighted by Crippen LogP contribution is -2.35. The fourth-order valence-electron chi connectivity index (χ4n) is 2.16. The Bertz CT molecular complexity index is 843. The number of hydrogen-bond acceptors (Lipinski definition) is 3. The quantitative estimate of drug-likeness (QED) is 0.627. The summed E-state index contributed by atoms with van der Waals surface area (Å²) in [6.07, 6.45) is 4.30. The van der Waals surface area contributed by atoms with Crippen molar-refractivity contribution >= 4 is 29.9 Å². The summed E-state index contributed by atoms with van der Waals surface area (Å²) in [5.41, 5.74) is 1.62. The highest BCUT2D eigenvalue weighted by atomic mass is 16.4. The maximum Gasteiger partial charge on any atom is 0.305 e. The van der Waals surface area contributed by atoms with Crippen LogP contribution in [0.1, 0.15) is 17.5 Å². The predicted octanol–water partition coefficient (Wildman–Crippen LogP) is 2.45. The van der Waals surface area contributed by atoms with Crippen molar-refractivity contribution in [1.29, 1.82) is 0 Å². The molecule has 2 amide bonds. The molecule has 6 heteroatoms. The average Bonchev–Trinajstić information content (AvgIpc) is 2.67. The van der Waals surface area contributed by atoms with Crippen molar-refractivity contribution in [3.8, 4) is 0 Å². The molecule has 6 nitrogen and oxygen atoms in total. The molecule has 2 aromatic rings. The first-order valence-corrected chi connectivity index (χ1v) is 8.35. The Morgan fingerprint density at radius 3 is 2.07 bits per heavy atom. The summed E-state index contributed by atoms with van der Waals surface area (Å²) < 4.78 is 0. The SMILES string of the molecule is O=C(O)CCNC(=O)/C(=C\c1ccccc1)NC(=O)/C=C/c1ccccc1. The van der Waals surface area contributed by atoms with Crippen molar-refractivity contribution in [1.82, 2.24) is 10.6 Å². The number of benzene rings is 2. The van der Waals surface area contributed by atoms with Crippen molar-refractivity contribution in [2.24, 2.45) is 0 Å². The van der Waals surface area contributed by atoms with Crippen LogP contribution in [0, 0.1) is 0 Å². The summed E-state index contributed by atoms with van der Waals surface area (Å²) in [4.78, 5) is 35.1. The van der Waals surface area contributed by atoms with Crippen molar-refractivity contribution in [3.05, 3.63) is 83.6 Å². The molecule has 0 saturated heterocycles. The van der Waals surface area contributed by atoms with E-state index >= 15 is 0 Å². The number of amides is 2.